The van der Waals surface area contributed by atoms with E-state index in [1.54, 1.807) is 0 Å². The summed E-state index contributed by atoms with van der Waals surface area (Å²) >= 11 is 4.93. The highest BCUT2D eigenvalue weighted by atomic mass is 79.9. The molecule has 26 heavy (non-hydrogen) atoms. The summed E-state index contributed by atoms with van der Waals surface area (Å²) in [5.74, 6) is -0.370. The Bertz CT molecular complexity index is 859. The van der Waals surface area contributed by atoms with Gasteiger partial charge >= 0.3 is 5.97 Å². The molecule has 0 aliphatic carbocycles. The molecule has 2 aromatic carbocycles. The summed E-state index contributed by atoms with van der Waals surface area (Å²) in [6, 6.07) is 7.93. The molecule has 0 bridgehead atoms. The van der Waals surface area contributed by atoms with Gasteiger partial charge < -0.3 is 4.74 Å². The molecule has 0 amide bonds. The van der Waals surface area contributed by atoms with Crippen LogP contribution >= 0.6 is 27.7 Å². The van der Waals surface area contributed by atoms with Gasteiger partial charge in [0.25, 0.3) is 0 Å². The first-order valence-electron chi connectivity index (χ1n) is 8.35. The number of carbonyl (C=O) groups excluding carboxylic acids is 2. The molecule has 0 saturated carbocycles. The molecule has 0 aromatic heterocycles. The summed E-state index contributed by atoms with van der Waals surface area (Å²) in [4.78, 5) is 25.4. The van der Waals surface area contributed by atoms with E-state index in [4.69, 9.17) is 4.74 Å². The highest BCUT2D eigenvalue weighted by Crippen LogP contribution is 2.28. The Balaban J connectivity index is 1.92. The monoisotopic (exact) mass is 434 g/mol. The first-order chi connectivity index (χ1) is 12.2. The van der Waals surface area contributed by atoms with Crippen LogP contribution in [0.5, 0.6) is 0 Å². The second-order valence-corrected chi connectivity index (χ2v) is 8.36. The molecule has 0 atom stereocenters. The summed E-state index contributed by atoms with van der Waals surface area (Å²) in [6.45, 7) is 9.67. The standard InChI is InChI=1S/C21H23BrO3S/c1-12-6-14(3)17(7-13(12)2)19(23)10-25-21(24)11-26-20-9-15(4)18(22)8-16(20)5/h6-9H,10-11H2,1-5H3. The topological polar surface area (TPSA) is 43.4 Å². The van der Waals surface area contributed by atoms with Crippen LogP contribution in [0.4, 0.5) is 0 Å². The Hall–Kier alpha value is -1.59. The Morgan fingerprint density at radius 3 is 2.23 bits per heavy atom. The van der Waals surface area contributed by atoms with Gasteiger partial charge in [0, 0.05) is 14.9 Å². The Labute approximate surface area is 167 Å². The maximum absolute atomic E-state index is 12.4. The summed E-state index contributed by atoms with van der Waals surface area (Å²) in [5, 5.41) is 0. The van der Waals surface area contributed by atoms with Crippen LogP contribution in [0.15, 0.2) is 33.6 Å². The molecule has 138 valence electrons. The summed E-state index contributed by atoms with van der Waals surface area (Å²) in [6.07, 6.45) is 0. The second-order valence-electron chi connectivity index (χ2n) is 6.49. The fourth-order valence-corrected chi connectivity index (χ4v) is 3.93. The van der Waals surface area contributed by atoms with Crippen LogP contribution in [0.2, 0.25) is 0 Å². The fourth-order valence-electron chi connectivity index (χ4n) is 2.57. The largest absolute Gasteiger partial charge is 0.457 e. The van der Waals surface area contributed by atoms with E-state index in [1.807, 2.05) is 58.9 Å². The van der Waals surface area contributed by atoms with Gasteiger partial charge in [0.05, 0.1) is 5.75 Å². The molecule has 0 saturated heterocycles. The summed E-state index contributed by atoms with van der Waals surface area (Å²) in [5.41, 5.74) is 5.95. The van der Waals surface area contributed by atoms with Crippen LogP contribution < -0.4 is 0 Å². The van der Waals surface area contributed by atoms with E-state index in [0.29, 0.717) is 5.56 Å². The molecule has 2 aromatic rings. The van der Waals surface area contributed by atoms with E-state index in [-0.39, 0.29) is 24.1 Å². The lowest BCUT2D eigenvalue weighted by Crippen LogP contribution is -2.16. The minimum absolute atomic E-state index is 0.167. The zero-order valence-electron chi connectivity index (χ0n) is 15.7. The van der Waals surface area contributed by atoms with E-state index >= 15 is 0 Å². The molecule has 0 aliphatic rings. The molecule has 2 rings (SSSR count). The predicted octanol–water partition coefficient (Wildman–Crippen LogP) is 5.51. The predicted molar refractivity (Wildman–Crippen MR) is 110 cm³/mol. The van der Waals surface area contributed by atoms with E-state index in [0.717, 1.165) is 37.2 Å². The van der Waals surface area contributed by atoms with Gasteiger partial charge in [-0.3, -0.25) is 9.59 Å². The number of thioether (sulfide) groups is 1. The van der Waals surface area contributed by atoms with Crippen molar-refractivity contribution >= 4 is 39.4 Å². The number of esters is 1. The van der Waals surface area contributed by atoms with Crippen molar-refractivity contribution in [1.29, 1.82) is 0 Å². The van der Waals surface area contributed by atoms with E-state index in [2.05, 4.69) is 15.9 Å². The first kappa shape index (κ1) is 20.7. The molecule has 0 fully saturated rings. The minimum Gasteiger partial charge on any atom is -0.457 e. The van der Waals surface area contributed by atoms with E-state index < -0.39 is 0 Å². The minimum atomic E-state index is -0.384. The zero-order valence-corrected chi connectivity index (χ0v) is 18.1. The third kappa shape index (κ3) is 5.21. The maximum atomic E-state index is 12.4. The van der Waals surface area contributed by atoms with E-state index in [1.165, 1.54) is 11.8 Å². The van der Waals surface area contributed by atoms with Crippen LogP contribution in [0.25, 0.3) is 0 Å². The molecule has 0 heterocycles. The van der Waals surface area contributed by atoms with Crippen molar-refractivity contribution in [2.24, 2.45) is 0 Å². The number of benzene rings is 2. The molecule has 5 heteroatoms. The smallest absolute Gasteiger partial charge is 0.316 e. The normalized spacial score (nSPS) is 10.7. The van der Waals surface area contributed by atoms with Crippen LogP contribution in [0, 0.1) is 34.6 Å². The number of carbonyl (C=O) groups is 2. The number of halogens is 1. The van der Waals surface area contributed by atoms with Gasteiger partial charge in [-0.05, 0) is 80.6 Å². The lowest BCUT2D eigenvalue weighted by atomic mass is 9.98. The molecule has 0 radical (unpaired) electrons. The lowest BCUT2D eigenvalue weighted by Gasteiger charge is -2.10. The van der Waals surface area contributed by atoms with Crippen molar-refractivity contribution in [3.63, 3.8) is 0 Å². The van der Waals surface area contributed by atoms with Gasteiger partial charge in [-0.2, -0.15) is 0 Å². The SMILES string of the molecule is Cc1cc(C)c(C(=O)COC(=O)CSc2cc(C)c(Br)cc2C)cc1C. The van der Waals surface area contributed by atoms with Crippen molar-refractivity contribution in [3.8, 4) is 0 Å². The van der Waals surface area contributed by atoms with Crippen LogP contribution in [0.3, 0.4) is 0 Å². The number of ether oxygens (including phenoxy) is 1. The third-order valence-corrected chi connectivity index (χ3v) is 6.29. The second kappa shape index (κ2) is 8.87. The van der Waals surface area contributed by atoms with Crippen molar-refractivity contribution in [2.75, 3.05) is 12.4 Å². The van der Waals surface area contributed by atoms with Gasteiger partial charge in [-0.15, -0.1) is 11.8 Å². The Kier molecular flexibility index (Phi) is 7.07. The number of aryl methyl sites for hydroxylation is 5. The molecular formula is C21H23BrO3S. The van der Waals surface area contributed by atoms with Gasteiger partial charge in [-0.1, -0.05) is 22.0 Å². The van der Waals surface area contributed by atoms with Gasteiger partial charge in [0.15, 0.2) is 6.61 Å². The van der Waals surface area contributed by atoms with E-state index in [9.17, 15) is 9.59 Å². The van der Waals surface area contributed by atoms with Gasteiger partial charge in [-0.25, -0.2) is 0 Å². The number of hydrogen-bond donors (Lipinski definition) is 0. The lowest BCUT2D eigenvalue weighted by molar-refractivity contribution is -0.139. The van der Waals surface area contributed by atoms with Crippen LogP contribution in [-0.2, 0) is 9.53 Å². The van der Waals surface area contributed by atoms with Crippen molar-refractivity contribution < 1.29 is 14.3 Å². The Morgan fingerprint density at radius 2 is 1.54 bits per heavy atom. The van der Waals surface area contributed by atoms with Crippen molar-refractivity contribution in [3.05, 3.63) is 62.1 Å². The number of ketones is 1. The first-order valence-corrected chi connectivity index (χ1v) is 10.1. The number of rotatable bonds is 6. The average Bonchev–Trinajstić information content (AvgIpc) is 2.58. The fraction of sp³-hybridized carbons (Fsp3) is 0.333. The van der Waals surface area contributed by atoms with Crippen molar-refractivity contribution in [1.82, 2.24) is 0 Å². The average molecular weight is 435 g/mol. The molecule has 0 unspecified atom stereocenters. The van der Waals surface area contributed by atoms with Crippen LogP contribution in [-0.4, -0.2) is 24.1 Å². The quantitative estimate of drug-likeness (QED) is 0.341. The highest BCUT2D eigenvalue weighted by molar-refractivity contribution is 9.10. The highest BCUT2D eigenvalue weighted by Gasteiger charge is 2.14. The molecule has 0 spiro atoms. The summed E-state index contributed by atoms with van der Waals surface area (Å²) in [7, 11) is 0. The maximum Gasteiger partial charge on any atom is 0.316 e. The van der Waals surface area contributed by atoms with Gasteiger partial charge in [0.1, 0.15) is 0 Å². The van der Waals surface area contributed by atoms with Gasteiger partial charge in [0.2, 0.25) is 5.78 Å². The Morgan fingerprint density at radius 1 is 0.885 bits per heavy atom. The number of hydrogen-bond acceptors (Lipinski definition) is 4. The summed E-state index contributed by atoms with van der Waals surface area (Å²) < 4.78 is 6.23. The molecule has 3 nitrogen and oxygen atoms in total. The number of Topliss-reactive ketones (excluding diaryl/α,β-unsaturated/α-hetero) is 1. The zero-order chi connectivity index (χ0) is 19.4. The van der Waals surface area contributed by atoms with Crippen LogP contribution in [0.1, 0.15) is 38.2 Å². The molecule has 0 N–H and O–H groups in total. The molecule has 0 aliphatic heterocycles. The van der Waals surface area contributed by atoms with Crippen molar-refractivity contribution in [2.45, 2.75) is 39.5 Å². The molecular weight excluding hydrogens is 412 g/mol. The third-order valence-electron chi connectivity index (χ3n) is 4.31.